The lowest BCUT2D eigenvalue weighted by molar-refractivity contribution is -0.143. The lowest BCUT2D eigenvalue weighted by atomic mass is 9.80. The van der Waals surface area contributed by atoms with Crippen molar-refractivity contribution in [3.63, 3.8) is 0 Å². The molecule has 0 radical (unpaired) electrons. The molecule has 0 heterocycles. The van der Waals surface area contributed by atoms with Gasteiger partial charge in [-0.25, -0.2) is 5.48 Å². The molecule has 0 saturated heterocycles. The Hall–Kier alpha value is -3.93. The molecule has 0 atom stereocenters. The van der Waals surface area contributed by atoms with E-state index in [1.54, 1.807) is 24.3 Å². The molecule has 38 heavy (non-hydrogen) atoms. The first kappa shape index (κ1) is 27.1. The highest BCUT2D eigenvalue weighted by Gasteiger charge is 2.39. The Kier molecular flexibility index (Phi) is 9.68. The summed E-state index contributed by atoms with van der Waals surface area (Å²) >= 11 is 5.87. The molecule has 4 rings (SSSR count). The highest BCUT2D eigenvalue weighted by molar-refractivity contribution is 6.30. The molecule has 0 aromatic heterocycles. The van der Waals surface area contributed by atoms with Crippen LogP contribution in [0.5, 0.6) is 0 Å². The van der Waals surface area contributed by atoms with Crippen LogP contribution in [0.1, 0.15) is 52.7 Å². The smallest absolute Gasteiger partial charge is 0.251 e. The zero-order valence-corrected chi connectivity index (χ0v) is 21.9. The van der Waals surface area contributed by atoms with Crippen molar-refractivity contribution in [2.24, 2.45) is 0 Å². The highest BCUT2D eigenvalue weighted by Crippen LogP contribution is 2.39. The summed E-state index contributed by atoms with van der Waals surface area (Å²) in [6.07, 6.45) is 2.57. The largest absolute Gasteiger partial charge is 0.352 e. The molecule has 4 aromatic rings. The number of amides is 2. The lowest BCUT2D eigenvalue weighted by Gasteiger charge is -2.35. The molecule has 194 valence electrons. The molecular formula is C32H31ClN2O3. The minimum absolute atomic E-state index is 0.133. The molecule has 0 aliphatic heterocycles. The van der Waals surface area contributed by atoms with Crippen LogP contribution in [0.3, 0.4) is 0 Å². The Labute approximate surface area is 228 Å². The van der Waals surface area contributed by atoms with E-state index in [4.69, 9.17) is 16.4 Å². The summed E-state index contributed by atoms with van der Waals surface area (Å²) in [5.74, 6) is -0.325. The molecule has 6 heteroatoms. The molecule has 2 amide bonds. The van der Waals surface area contributed by atoms with E-state index in [0.717, 1.165) is 29.5 Å². The number of hydrogen-bond donors (Lipinski definition) is 2. The molecule has 0 saturated carbocycles. The highest BCUT2D eigenvalue weighted by atomic mass is 35.5. The molecule has 0 bridgehead atoms. The molecule has 5 nitrogen and oxygen atoms in total. The maximum absolute atomic E-state index is 12.8. The van der Waals surface area contributed by atoms with E-state index >= 15 is 0 Å². The molecule has 0 spiro atoms. The summed E-state index contributed by atoms with van der Waals surface area (Å²) in [5, 5.41) is 3.49. The molecule has 0 aliphatic carbocycles. The Morgan fingerprint density at radius 2 is 1.16 bits per heavy atom. The van der Waals surface area contributed by atoms with Gasteiger partial charge in [-0.2, -0.15) is 0 Å². The van der Waals surface area contributed by atoms with Crippen molar-refractivity contribution >= 4 is 23.4 Å². The number of benzene rings is 4. The van der Waals surface area contributed by atoms with Crippen LogP contribution in [0.15, 0.2) is 115 Å². The van der Waals surface area contributed by atoms with Gasteiger partial charge in [0.25, 0.3) is 5.91 Å². The number of nitrogens with one attached hydrogen (secondary N) is 2. The van der Waals surface area contributed by atoms with Crippen LogP contribution in [-0.4, -0.2) is 18.4 Å². The van der Waals surface area contributed by atoms with Gasteiger partial charge in [-0.15, -0.1) is 0 Å². The van der Waals surface area contributed by atoms with Crippen molar-refractivity contribution in [3.8, 4) is 0 Å². The quantitative estimate of drug-likeness (QED) is 0.123. The summed E-state index contributed by atoms with van der Waals surface area (Å²) < 4.78 is 0. The predicted molar refractivity (Wildman–Crippen MR) is 151 cm³/mol. The zero-order valence-electron chi connectivity index (χ0n) is 21.1. The minimum atomic E-state index is -1.01. The predicted octanol–water partition coefficient (Wildman–Crippen LogP) is 6.67. The summed E-state index contributed by atoms with van der Waals surface area (Å²) in [7, 11) is 0. The third-order valence-corrected chi connectivity index (χ3v) is 6.58. The Balaban J connectivity index is 1.34. The van der Waals surface area contributed by atoms with E-state index in [2.05, 4.69) is 10.8 Å². The second kappa shape index (κ2) is 13.6. The maximum atomic E-state index is 12.8. The second-order valence-corrected chi connectivity index (χ2v) is 9.42. The summed E-state index contributed by atoms with van der Waals surface area (Å²) in [6.45, 7) is 0.540. The fourth-order valence-corrected chi connectivity index (χ4v) is 4.50. The molecule has 0 unspecified atom stereocenters. The van der Waals surface area contributed by atoms with Crippen molar-refractivity contribution in [3.05, 3.63) is 143 Å². The number of unbranched alkanes of at least 4 members (excludes halogenated alkanes) is 2. The van der Waals surface area contributed by atoms with Gasteiger partial charge in [0.1, 0.15) is 0 Å². The van der Waals surface area contributed by atoms with Gasteiger partial charge in [0.15, 0.2) is 5.60 Å². The molecule has 0 fully saturated rings. The van der Waals surface area contributed by atoms with Crippen LogP contribution in [0, 0.1) is 0 Å². The van der Waals surface area contributed by atoms with E-state index in [1.807, 2.05) is 91.0 Å². The molecular weight excluding hydrogens is 496 g/mol. The van der Waals surface area contributed by atoms with Crippen LogP contribution in [-0.2, 0) is 15.2 Å². The Morgan fingerprint density at radius 3 is 1.66 bits per heavy atom. The number of halogens is 1. The van der Waals surface area contributed by atoms with Gasteiger partial charge >= 0.3 is 0 Å². The Morgan fingerprint density at radius 1 is 0.658 bits per heavy atom. The van der Waals surface area contributed by atoms with Crippen molar-refractivity contribution in [1.82, 2.24) is 10.8 Å². The maximum Gasteiger partial charge on any atom is 0.251 e. The van der Waals surface area contributed by atoms with E-state index in [1.165, 1.54) is 0 Å². The molecule has 4 aromatic carbocycles. The van der Waals surface area contributed by atoms with Gasteiger partial charge in [-0.05, 0) is 53.8 Å². The van der Waals surface area contributed by atoms with Gasteiger partial charge < -0.3 is 5.32 Å². The first-order valence-electron chi connectivity index (χ1n) is 12.8. The average molecular weight is 527 g/mol. The Bertz CT molecular complexity index is 1200. The number of carbonyl (C=O) groups is 2. The first-order chi connectivity index (χ1) is 18.6. The van der Waals surface area contributed by atoms with Crippen LogP contribution in [0.25, 0.3) is 0 Å². The van der Waals surface area contributed by atoms with Crippen LogP contribution in [0.2, 0.25) is 5.02 Å². The third-order valence-electron chi connectivity index (χ3n) is 6.33. The number of rotatable bonds is 12. The summed E-state index contributed by atoms with van der Waals surface area (Å²) in [4.78, 5) is 31.4. The molecule has 0 aliphatic rings. The normalized spacial score (nSPS) is 11.1. The fraction of sp³-hybridized carbons (Fsp3) is 0.188. The van der Waals surface area contributed by atoms with Crippen LogP contribution >= 0.6 is 11.6 Å². The minimum Gasteiger partial charge on any atom is -0.352 e. The van der Waals surface area contributed by atoms with E-state index < -0.39 is 5.60 Å². The number of hydrogen-bond acceptors (Lipinski definition) is 3. The van der Waals surface area contributed by atoms with Crippen molar-refractivity contribution in [2.45, 2.75) is 31.3 Å². The first-order valence-corrected chi connectivity index (χ1v) is 13.1. The van der Waals surface area contributed by atoms with E-state index in [9.17, 15) is 9.59 Å². The average Bonchev–Trinajstić information content (AvgIpc) is 2.97. The van der Waals surface area contributed by atoms with Gasteiger partial charge in [-0.3, -0.25) is 14.4 Å². The van der Waals surface area contributed by atoms with Gasteiger partial charge in [0.05, 0.1) is 0 Å². The zero-order chi connectivity index (χ0) is 26.6. The SMILES string of the molecule is O=C(CCCCCNC(=O)c1ccc(Cl)cc1)NOC(c1ccccc1)(c1ccccc1)c1ccccc1. The molecule has 2 N–H and O–H groups in total. The lowest BCUT2D eigenvalue weighted by Crippen LogP contribution is -2.40. The number of hydroxylamine groups is 1. The third kappa shape index (κ3) is 6.88. The fourth-order valence-electron chi connectivity index (χ4n) is 4.37. The van der Waals surface area contributed by atoms with Crippen LogP contribution < -0.4 is 10.8 Å². The van der Waals surface area contributed by atoms with Crippen molar-refractivity contribution < 1.29 is 14.4 Å². The topological polar surface area (TPSA) is 67.4 Å². The van der Waals surface area contributed by atoms with Crippen LogP contribution in [0.4, 0.5) is 0 Å². The monoisotopic (exact) mass is 526 g/mol. The summed E-state index contributed by atoms with van der Waals surface area (Å²) in [5.41, 5.74) is 5.03. The summed E-state index contributed by atoms with van der Waals surface area (Å²) in [6, 6.07) is 36.5. The second-order valence-electron chi connectivity index (χ2n) is 8.98. The van der Waals surface area contributed by atoms with Gasteiger partial charge in [0, 0.05) is 23.6 Å². The van der Waals surface area contributed by atoms with Gasteiger partial charge in [-0.1, -0.05) is 109 Å². The van der Waals surface area contributed by atoms with Crippen molar-refractivity contribution in [1.29, 1.82) is 0 Å². The van der Waals surface area contributed by atoms with Crippen molar-refractivity contribution in [2.75, 3.05) is 6.54 Å². The van der Waals surface area contributed by atoms with E-state index in [0.29, 0.717) is 30.0 Å². The van der Waals surface area contributed by atoms with Gasteiger partial charge in [0.2, 0.25) is 5.91 Å². The number of carbonyl (C=O) groups excluding carboxylic acids is 2. The standard InChI is InChI=1S/C32H31ClN2O3/c33-29-22-20-25(21-23-29)31(37)34-24-12-4-11-19-30(36)35-38-32(26-13-5-1-6-14-26,27-15-7-2-8-16-27)28-17-9-3-10-18-28/h1-3,5-10,13-18,20-23H,4,11-12,19,24H2,(H,34,37)(H,35,36). The van der Waals surface area contributed by atoms with E-state index in [-0.39, 0.29) is 11.8 Å².